The number of carbonyl (C=O) groups excluding carboxylic acids is 1. The minimum atomic E-state index is -1.23. The molecule has 1 amide bonds. The van der Waals surface area contributed by atoms with Gasteiger partial charge in [-0.15, -0.1) is 0 Å². The fraction of sp³-hybridized carbons (Fsp3) is 0.467. The first kappa shape index (κ1) is 12.2. The molecule has 0 bridgehead atoms. The highest BCUT2D eigenvalue weighted by Crippen LogP contribution is 2.63. The Hall–Kier alpha value is -1.84. The topological polar surface area (TPSA) is 57.6 Å². The molecule has 1 aliphatic heterocycles. The molecule has 1 spiro atoms. The summed E-state index contributed by atoms with van der Waals surface area (Å²) in [6, 6.07) is 9.71. The molecule has 100 valence electrons. The van der Waals surface area contributed by atoms with Gasteiger partial charge in [0.1, 0.15) is 0 Å². The third-order valence-electron chi connectivity index (χ3n) is 4.77. The molecule has 1 aliphatic carbocycles. The number of likely N-dealkylation sites (tertiary alicyclic amines) is 1. The minimum Gasteiger partial charge on any atom is -0.480 e. The standard InChI is InChI=1S/C15H17NO3/c1-14(13(18)19)12(17)16(10-15(14)7-8-15)9-11-5-3-2-4-6-11/h2-6H,7-10H2,1H3,(H,18,19). The van der Waals surface area contributed by atoms with Gasteiger partial charge in [0.2, 0.25) is 5.91 Å². The molecule has 1 atom stereocenters. The number of hydrogen-bond acceptors (Lipinski definition) is 2. The van der Waals surface area contributed by atoms with Crippen LogP contribution in [0.3, 0.4) is 0 Å². The van der Waals surface area contributed by atoms with Crippen LogP contribution in [0.1, 0.15) is 25.3 Å². The number of benzene rings is 1. The van der Waals surface area contributed by atoms with Crippen LogP contribution in [0, 0.1) is 10.8 Å². The maximum atomic E-state index is 12.5. The number of aliphatic carboxylic acids is 1. The van der Waals surface area contributed by atoms with Crippen LogP contribution in [-0.4, -0.2) is 28.4 Å². The Kier molecular flexibility index (Phi) is 2.46. The summed E-state index contributed by atoms with van der Waals surface area (Å²) in [5.74, 6) is -1.22. The molecular weight excluding hydrogens is 242 g/mol. The van der Waals surface area contributed by atoms with Gasteiger partial charge < -0.3 is 10.0 Å². The maximum absolute atomic E-state index is 12.5. The minimum absolute atomic E-state index is 0.235. The van der Waals surface area contributed by atoms with E-state index in [0.717, 1.165) is 18.4 Å². The van der Waals surface area contributed by atoms with Crippen molar-refractivity contribution in [2.24, 2.45) is 10.8 Å². The highest BCUT2D eigenvalue weighted by Gasteiger charge is 2.70. The lowest BCUT2D eigenvalue weighted by atomic mass is 9.76. The summed E-state index contributed by atoms with van der Waals surface area (Å²) in [6.45, 7) is 2.67. The molecule has 1 unspecified atom stereocenters. The second kappa shape index (κ2) is 3.83. The third kappa shape index (κ3) is 1.59. The lowest BCUT2D eigenvalue weighted by Crippen LogP contribution is -2.41. The number of rotatable bonds is 3. The van der Waals surface area contributed by atoms with E-state index in [-0.39, 0.29) is 11.3 Å². The van der Waals surface area contributed by atoms with E-state index in [0.29, 0.717) is 13.1 Å². The molecule has 19 heavy (non-hydrogen) atoms. The molecule has 1 aromatic carbocycles. The van der Waals surface area contributed by atoms with Crippen LogP contribution in [0.25, 0.3) is 0 Å². The van der Waals surface area contributed by atoms with Crippen molar-refractivity contribution in [3.8, 4) is 0 Å². The van der Waals surface area contributed by atoms with Gasteiger partial charge in [-0.2, -0.15) is 0 Å². The molecule has 1 saturated carbocycles. The van der Waals surface area contributed by atoms with Gasteiger partial charge in [-0.3, -0.25) is 9.59 Å². The van der Waals surface area contributed by atoms with Crippen LogP contribution in [0.15, 0.2) is 30.3 Å². The second-order valence-corrected chi connectivity index (χ2v) is 5.86. The number of hydrogen-bond donors (Lipinski definition) is 1. The first-order valence-corrected chi connectivity index (χ1v) is 6.56. The van der Waals surface area contributed by atoms with E-state index in [2.05, 4.69) is 0 Å². The van der Waals surface area contributed by atoms with Crippen molar-refractivity contribution in [1.82, 2.24) is 4.90 Å². The largest absolute Gasteiger partial charge is 0.480 e. The molecule has 0 radical (unpaired) electrons. The summed E-state index contributed by atoms with van der Waals surface area (Å²) < 4.78 is 0. The highest BCUT2D eigenvalue weighted by molar-refractivity contribution is 6.04. The smallest absolute Gasteiger partial charge is 0.319 e. The Balaban J connectivity index is 1.87. The molecule has 1 saturated heterocycles. The van der Waals surface area contributed by atoms with Crippen LogP contribution in [-0.2, 0) is 16.1 Å². The molecule has 0 aromatic heterocycles. The molecule has 2 aliphatic rings. The van der Waals surface area contributed by atoms with Crippen molar-refractivity contribution in [2.75, 3.05) is 6.54 Å². The Morgan fingerprint density at radius 2 is 1.95 bits per heavy atom. The Bertz CT molecular complexity index is 536. The van der Waals surface area contributed by atoms with Crippen molar-refractivity contribution in [2.45, 2.75) is 26.3 Å². The third-order valence-corrected chi connectivity index (χ3v) is 4.77. The summed E-state index contributed by atoms with van der Waals surface area (Å²) in [7, 11) is 0. The number of carboxylic acids is 1. The lowest BCUT2D eigenvalue weighted by molar-refractivity contribution is -0.157. The molecule has 1 aromatic rings. The molecule has 3 rings (SSSR count). The summed E-state index contributed by atoms with van der Waals surface area (Å²) in [5.41, 5.74) is -0.520. The SMILES string of the molecule is CC1(C(=O)O)C(=O)N(Cc2ccccc2)CC12CC2. The van der Waals surface area contributed by atoms with Gasteiger partial charge in [0.05, 0.1) is 0 Å². The molecule has 1 heterocycles. The van der Waals surface area contributed by atoms with Gasteiger partial charge >= 0.3 is 5.97 Å². The van der Waals surface area contributed by atoms with Crippen molar-refractivity contribution in [3.05, 3.63) is 35.9 Å². The summed E-state index contributed by atoms with van der Waals surface area (Å²) >= 11 is 0. The fourth-order valence-corrected chi connectivity index (χ4v) is 3.20. The lowest BCUT2D eigenvalue weighted by Gasteiger charge is -2.22. The van der Waals surface area contributed by atoms with E-state index in [1.54, 1.807) is 11.8 Å². The van der Waals surface area contributed by atoms with Gasteiger partial charge in [-0.05, 0) is 25.3 Å². The highest BCUT2D eigenvalue weighted by atomic mass is 16.4. The van der Waals surface area contributed by atoms with Gasteiger partial charge in [0.15, 0.2) is 5.41 Å². The van der Waals surface area contributed by atoms with E-state index >= 15 is 0 Å². The van der Waals surface area contributed by atoms with Crippen molar-refractivity contribution < 1.29 is 14.7 Å². The monoisotopic (exact) mass is 259 g/mol. The summed E-state index contributed by atoms with van der Waals surface area (Å²) in [6.07, 6.45) is 1.68. The zero-order chi connectivity index (χ0) is 13.7. The van der Waals surface area contributed by atoms with E-state index in [1.807, 2.05) is 30.3 Å². The van der Waals surface area contributed by atoms with Crippen molar-refractivity contribution >= 4 is 11.9 Å². The maximum Gasteiger partial charge on any atom is 0.319 e. The number of carboxylic acid groups (broad SMARTS) is 1. The second-order valence-electron chi connectivity index (χ2n) is 5.86. The fourth-order valence-electron chi connectivity index (χ4n) is 3.20. The van der Waals surface area contributed by atoms with Gasteiger partial charge in [0, 0.05) is 18.5 Å². The van der Waals surface area contributed by atoms with Gasteiger partial charge in [-0.1, -0.05) is 30.3 Å². The quantitative estimate of drug-likeness (QED) is 0.843. The molecule has 2 fully saturated rings. The van der Waals surface area contributed by atoms with E-state index in [9.17, 15) is 14.7 Å². The number of carbonyl (C=O) groups is 2. The molecular formula is C15H17NO3. The Morgan fingerprint density at radius 3 is 2.42 bits per heavy atom. The first-order chi connectivity index (χ1) is 8.99. The van der Waals surface area contributed by atoms with E-state index in [4.69, 9.17) is 0 Å². The van der Waals surface area contributed by atoms with Crippen molar-refractivity contribution in [1.29, 1.82) is 0 Å². The Labute approximate surface area is 112 Å². The predicted molar refractivity (Wildman–Crippen MR) is 69.3 cm³/mol. The Morgan fingerprint density at radius 1 is 1.32 bits per heavy atom. The first-order valence-electron chi connectivity index (χ1n) is 6.56. The zero-order valence-corrected chi connectivity index (χ0v) is 10.9. The number of amides is 1. The van der Waals surface area contributed by atoms with Crippen LogP contribution >= 0.6 is 0 Å². The normalized spacial score (nSPS) is 27.8. The van der Waals surface area contributed by atoms with Gasteiger partial charge in [-0.25, -0.2) is 0 Å². The average molecular weight is 259 g/mol. The van der Waals surface area contributed by atoms with Crippen molar-refractivity contribution in [3.63, 3.8) is 0 Å². The number of nitrogens with zero attached hydrogens (tertiary/aromatic N) is 1. The summed E-state index contributed by atoms with van der Waals surface area (Å²) in [4.78, 5) is 25.7. The predicted octanol–water partition coefficient (Wildman–Crippen LogP) is 1.90. The molecule has 4 nitrogen and oxygen atoms in total. The van der Waals surface area contributed by atoms with Crippen LogP contribution in [0.2, 0.25) is 0 Å². The van der Waals surface area contributed by atoms with Gasteiger partial charge in [0.25, 0.3) is 0 Å². The molecule has 4 heteroatoms. The van der Waals surface area contributed by atoms with Crippen LogP contribution in [0.5, 0.6) is 0 Å². The van der Waals surface area contributed by atoms with E-state index in [1.165, 1.54) is 0 Å². The summed E-state index contributed by atoms with van der Waals surface area (Å²) in [5, 5.41) is 9.45. The van der Waals surface area contributed by atoms with Crippen LogP contribution < -0.4 is 0 Å². The van der Waals surface area contributed by atoms with E-state index < -0.39 is 11.4 Å². The van der Waals surface area contributed by atoms with Crippen LogP contribution in [0.4, 0.5) is 0 Å². The zero-order valence-electron chi connectivity index (χ0n) is 10.9. The average Bonchev–Trinajstić information content (AvgIpc) is 3.14. The molecule has 1 N–H and O–H groups in total.